The zero-order valence-electron chi connectivity index (χ0n) is 14.9. The van der Waals surface area contributed by atoms with Crippen molar-refractivity contribution in [2.24, 2.45) is 0 Å². The van der Waals surface area contributed by atoms with Crippen molar-refractivity contribution in [3.8, 4) is 0 Å². The van der Waals surface area contributed by atoms with E-state index in [1.165, 1.54) is 43.1 Å². The molecule has 1 aliphatic carbocycles. The zero-order valence-corrected chi connectivity index (χ0v) is 17.3. The molecule has 1 fully saturated rings. The van der Waals surface area contributed by atoms with Crippen molar-refractivity contribution in [2.75, 3.05) is 11.1 Å². The van der Waals surface area contributed by atoms with Gasteiger partial charge in [0.15, 0.2) is 5.16 Å². The van der Waals surface area contributed by atoms with Crippen molar-refractivity contribution in [1.82, 2.24) is 9.55 Å². The highest BCUT2D eigenvalue weighted by Gasteiger charge is 2.23. The van der Waals surface area contributed by atoms with Gasteiger partial charge in [0, 0.05) is 16.2 Å². The van der Waals surface area contributed by atoms with Crippen LogP contribution >= 0.6 is 27.7 Å². The van der Waals surface area contributed by atoms with E-state index in [4.69, 9.17) is 4.98 Å². The van der Waals surface area contributed by atoms with E-state index in [0.717, 1.165) is 26.6 Å². The molecule has 2 aromatic rings. The molecule has 1 amide bonds. The first-order valence-electron chi connectivity index (χ1n) is 8.70. The van der Waals surface area contributed by atoms with Gasteiger partial charge in [-0.05, 0) is 67.2 Å². The maximum atomic E-state index is 12.4. The van der Waals surface area contributed by atoms with Gasteiger partial charge in [0.2, 0.25) is 5.91 Å². The van der Waals surface area contributed by atoms with Gasteiger partial charge in [0.25, 0.3) is 0 Å². The molecular weight excluding hydrogens is 398 g/mol. The smallest absolute Gasteiger partial charge is 0.234 e. The molecule has 0 saturated heterocycles. The minimum Gasteiger partial charge on any atom is -0.324 e. The molecule has 1 aromatic carbocycles. The average Bonchev–Trinajstić information content (AvgIpc) is 3.17. The summed E-state index contributed by atoms with van der Waals surface area (Å²) in [5, 5.41) is 3.95. The summed E-state index contributed by atoms with van der Waals surface area (Å²) in [4.78, 5) is 17.1. The van der Waals surface area contributed by atoms with Gasteiger partial charge < -0.3 is 9.88 Å². The Hall–Kier alpha value is -1.27. The number of carbonyl (C=O) groups is 1. The standard InChI is InChI=1S/C19H24BrN3OS/c1-12-8-9-17(16(20)10-12)22-18(24)11-25-19-21-13(2)14(3)23(19)15-6-4-5-7-15/h8-10,15H,4-7,11H2,1-3H3,(H,22,24). The van der Waals surface area contributed by atoms with Gasteiger partial charge in [-0.3, -0.25) is 4.79 Å². The minimum absolute atomic E-state index is 0.00849. The van der Waals surface area contributed by atoms with Crippen LogP contribution in [-0.2, 0) is 4.79 Å². The molecule has 0 unspecified atom stereocenters. The van der Waals surface area contributed by atoms with Gasteiger partial charge in [-0.2, -0.15) is 0 Å². The first kappa shape index (κ1) is 18.5. The summed E-state index contributed by atoms with van der Waals surface area (Å²) in [6.07, 6.45) is 5.00. The highest BCUT2D eigenvalue weighted by Crippen LogP contribution is 2.35. The number of hydrogen-bond donors (Lipinski definition) is 1. The molecule has 25 heavy (non-hydrogen) atoms. The van der Waals surface area contributed by atoms with Crippen LogP contribution in [0, 0.1) is 20.8 Å². The summed E-state index contributed by atoms with van der Waals surface area (Å²) < 4.78 is 3.26. The number of benzene rings is 1. The van der Waals surface area contributed by atoms with Crippen molar-refractivity contribution in [3.05, 3.63) is 39.6 Å². The number of aromatic nitrogens is 2. The lowest BCUT2D eigenvalue weighted by Crippen LogP contribution is -2.15. The van der Waals surface area contributed by atoms with Gasteiger partial charge >= 0.3 is 0 Å². The second-order valence-electron chi connectivity index (χ2n) is 6.69. The Balaban J connectivity index is 1.67. The second-order valence-corrected chi connectivity index (χ2v) is 8.49. The highest BCUT2D eigenvalue weighted by molar-refractivity contribution is 9.10. The molecule has 1 heterocycles. The normalized spacial score (nSPS) is 14.9. The molecule has 134 valence electrons. The van der Waals surface area contributed by atoms with E-state index in [2.05, 4.69) is 32.7 Å². The fraction of sp³-hybridized carbons (Fsp3) is 0.474. The third kappa shape index (κ3) is 4.29. The number of hydrogen-bond acceptors (Lipinski definition) is 3. The van der Waals surface area contributed by atoms with Gasteiger partial charge in [-0.15, -0.1) is 0 Å². The van der Waals surface area contributed by atoms with Gasteiger partial charge in [0.1, 0.15) is 0 Å². The number of aryl methyl sites for hydroxylation is 2. The number of carbonyl (C=O) groups excluding carboxylic acids is 1. The Labute approximate surface area is 161 Å². The topological polar surface area (TPSA) is 46.9 Å². The van der Waals surface area contributed by atoms with Crippen LogP contribution in [0.15, 0.2) is 27.8 Å². The van der Waals surface area contributed by atoms with Crippen molar-refractivity contribution < 1.29 is 4.79 Å². The van der Waals surface area contributed by atoms with Gasteiger partial charge in [0.05, 0.1) is 17.1 Å². The van der Waals surface area contributed by atoms with Crippen LogP contribution in [0.25, 0.3) is 0 Å². The third-order valence-corrected chi connectivity index (χ3v) is 6.38. The summed E-state index contributed by atoms with van der Waals surface area (Å²) in [6.45, 7) is 6.21. The van der Waals surface area contributed by atoms with Crippen LogP contribution in [0.1, 0.15) is 48.7 Å². The van der Waals surface area contributed by atoms with Crippen molar-refractivity contribution in [3.63, 3.8) is 0 Å². The SMILES string of the molecule is Cc1ccc(NC(=O)CSc2nc(C)c(C)n2C2CCCC2)c(Br)c1. The first-order chi connectivity index (χ1) is 12.0. The van der Waals surface area contributed by atoms with Crippen LogP contribution in [0.3, 0.4) is 0 Å². The zero-order chi connectivity index (χ0) is 18.0. The summed E-state index contributed by atoms with van der Waals surface area (Å²) >= 11 is 5.03. The Bertz CT molecular complexity index is 781. The maximum absolute atomic E-state index is 12.4. The lowest BCUT2D eigenvalue weighted by molar-refractivity contribution is -0.113. The van der Waals surface area contributed by atoms with Crippen LogP contribution < -0.4 is 5.32 Å². The quantitative estimate of drug-likeness (QED) is 0.655. The molecule has 0 bridgehead atoms. The predicted molar refractivity (Wildman–Crippen MR) is 107 cm³/mol. The molecule has 0 aliphatic heterocycles. The number of thioether (sulfide) groups is 1. The van der Waals surface area contributed by atoms with Crippen molar-refractivity contribution in [1.29, 1.82) is 0 Å². The number of halogens is 1. The molecule has 1 saturated carbocycles. The maximum Gasteiger partial charge on any atom is 0.234 e. The van der Waals surface area contributed by atoms with E-state index in [1.54, 1.807) is 0 Å². The summed E-state index contributed by atoms with van der Waals surface area (Å²) in [6, 6.07) is 6.46. The van der Waals surface area contributed by atoms with E-state index < -0.39 is 0 Å². The number of imidazole rings is 1. The van der Waals surface area contributed by atoms with Gasteiger partial charge in [-0.1, -0.05) is 30.7 Å². The molecule has 1 N–H and O–H groups in total. The van der Waals surface area contributed by atoms with E-state index >= 15 is 0 Å². The molecule has 3 rings (SSSR count). The lowest BCUT2D eigenvalue weighted by atomic mass is 10.2. The first-order valence-corrected chi connectivity index (χ1v) is 10.5. The summed E-state index contributed by atoms with van der Waals surface area (Å²) in [5.74, 6) is 0.356. The Morgan fingerprint density at radius 2 is 2.04 bits per heavy atom. The summed E-state index contributed by atoms with van der Waals surface area (Å²) in [7, 11) is 0. The van der Waals surface area contributed by atoms with Crippen LogP contribution in [-0.4, -0.2) is 21.2 Å². The van der Waals surface area contributed by atoms with Crippen LogP contribution in [0.4, 0.5) is 5.69 Å². The van der Waals surface area contributed by atoms with Crippen molar-refractivity contribution in [2.45, 2.75) is 57.7 Å². The van der Waals surface area contributed by atoms with E-state index in [-0.39, 0.29) is 5.91 Å². The summed E-state index contributed by atoms with van der Waals surface area (Å²) in [5.41, 5.74) is 4.26. The number of anilines is 1. The molecule has 6 heteroatoms. The number of nitrogens with zero attached hydrogens (tertiary/aromatic N) is 2. The monoisotopic (exact) mass is 421 g/mol. The van der Waals surface area contributed by atoms with Gasteiger partial charge in [-0.25, -0.2) is 4.98 Å². The van der Waals surface area contributed by atoms with E-state index in [9.17, 15) is 4.79 Å². The van der Waals surface area contributed by atoms with Crippen LogP contribution in [0.2, 0.25) is 0 Å². The fourth-order valence-electron chi connectivity index (χ4n) is 3.33. The van der Waals surface area contributed by atoms with E-state index in [1.807, 2.05) is 32.0 Å². The molecule has 0 atom stereocenters. The minimum atomic E-state index is -0.00849. The Morgan fingerprint density at radius 3 is 2.72 bits per heavy atom. The Morgan fingerprint density at radius 1 is 1.32 bits per heavy atom. The van der Waals surface area contributed by atoms with E-state index in [0.29, 0.717) is 11.8 Å². The largest absolute Gasteiger partial charge is 0.324 e. The molecule has 1 aliphatic rings. The Kier molecular flexibility index (Phi) is 5.89. The molecule has 1 aromatic heterocycles. The van der Waals surface area contributed by atoms with Crippen LogP contribution in [0.5, 0.6) is 0 Å². The number of amides is 1. The fourth-order valence-corrected chi connectivity index (χ4v) is 4.88. The van der Waals surface area contributed by atoms with Crippen molar-refractivity contribution >= 4 is 39.3 Å². The molecule has 0 spiro atoms. The molecule has 4 nitrogen and oxygen atoms in total. The third-order valence-electron chi connectivity index (χ3n) is 4.78. The highest BCUT2D eigenvalue weighted by atomic mass is 79.9. The number of rotatable bonds is 5. The molecule has 0 radical (unpaired) electrons. The molecular formula is C19H24BrN3OS. The predicted octanol–water partition coefficient (Wildman–Crippen LogP) is 5.42. The number of nitrogens with one attached hydrogen (secondary N) is 1. The average molecular weight is 422 g/mol. The second kappa shape index (κ2) is 7.96. The lowest BCUT2D eigenvalue weighted by Gasteiger charge is -2.17.